The van der Waals surface area contributed by atoms with Crippen molar-refractivity contribution in [2.24, 2.45) is 11.7 Å². The van der Waals surface area contributed by atoms with Gasteiger partial charge in [-0.15, -0.1) is 0 Å². The third kappa shape index (κ3) is 3.32. The minimum absolute atomic E-state index is 0.417. The highest BCUT2D eigenvalue weighted by Gasteiger charge is 2.02. The molecule has 1 aromatic rings. The molecule has 0 spiro atoms. The molecule has 0 aliphatic carbocycles. The highest BCUT2D eigenvalue weighted by molar-refractivity contribution is 5.15. The first kappa shape index (κ1) is 9.85. The molecule has 0 saturated heterocycles. The van der Waals surface area contributed by atoms with Crippen molar-refractivity contribution in [1.29, 1.82) is 0 Å². The van der Waals surface area contributed by atoms with Crippen molar-refractivity contribution in [3.05, 3.63) is 48.2 Å². The van der Waals surface area contributed by atoms with E-state index in [-0.39, 0.29) is 0 Å². The van der Waals surface area contributed by atoms with Gasteiger partial charge in [-0.05, 0) is 24.3 Å². The zero-order valence-electron chi connectivity index (χ0n) is 8.16. The van der Waals surface area contributed by atoms with Gasteiger partial charge in [0.05, 0.1) is 0 Å². The number of nitrogens with two attached hydrogens (primary N) is 1. The minimum Gasteiger partial charge on any atom is -0.402 e. The van der Waals surface area contributed by atoms with E-state index in [1.165, 1.54) is 5.56 Å². The minimum atomic E-state index is 0.417. The van der Waals surface area contributed by atoms with Gasteiger partial charge < -0.3 is 5.73 Å². The van der Waals surface area contributed by atoms with Crippen molar-refractivity contribution in [3.8, 4) is 0 Å². The summed E-state index contributed by atoms with van der Waals surface area (Å²) >= 11 is 0. The molecule has 1 atom stereocenters. The van der Waals surface area contributed by atoms with Crippen LogP contribution < -0.4 is 5.73 Å². The molecule has 0 fully saturated rings. The third-order valence-corrected chi connectivity index (χ3v) is 2.34. The maximum Gasteiger partial charge on any atom is 0.00363 e. The quantitative estimate of drug-likeness (QED) is 0.748. The number of benzene rings is 1. The van der Waals surface area contributed by atoms with Crippen LogP contribution in [-0.2, 0) is 6.42 Å². The number of rotatable bonds is 4. The summed E-state index contributed by atoms with van der Waals surface area (Å²) in [4.78, 5) is 0. The Morgan fingerprint density at radius 1 is 1.38 bits per heavy atom. The van der Waals surface area contributed by atoms with Gasteiger partial charge in [-0.25, -0.2) is 0 Å². The molecule has 0 unspecified atom stereocenters. The lowest BCUT2D eigenvalue weighted by Crippen LogP contribution is -2.07. The number of aryl methyl sites for hydroxylation is 1. The molecule has 0 aliphatic rings. The standard InChI is InChI=1S/C12H17N/c1-10(11(2)13)8-9-12-6-4-3-5-7-12/h3-7,10H,2,8-9,13H2,1H3/t10-/m1/s1. The van der Waals surface area contributed by atoms with Gasteiger partial charge >= 0.3 is 0 Å². The van der Waals surface area contributed by atoms with Gasteiger partial charge in [0.2, 0.25) is 0 Å². The lowest BCUT2D eigenvalue weighted by molar-refractivity contribution is 0.609. The molecule has 1 rings (SSSR count). The predicted octanol–water partition coefficient (Wildman–Crippen LogP) is 2.73. The van der Waals surface area contributed by atoms with E-state index in [1.54, 1.807) is 0 Å². The van der Waals surface area contributed by atoms with E-state index in [2.05, 4.69) is 37.8 Å². The summed E-state index contributed by atoms with van der Waals surface area (Å²) in [5, 5.41) is 0. The lowest BCUT2D eigenvalue weighted by Gasteiger charge is -2.09. The number of hydrogen-bond donors (Lipinski definition) is 1. The zero-order chi connectivity index (χ0) is 9.68. The second kappa shape index (κ2) is 4.70. The molecule has 0 bridgehead atoms. The summed E-state index contributed by atoms with van der Waals surface area (Å²) in [7, 11) is 0. The second-order valence-electron chi connectivity index (χ2n) is 3.50. The van der Waals surface area contributed by atoms with Crippen molar-refractivity contribution >= 4 is 0 Å². The van der Waals surface area contributed by atoms with Gasteiger partial charge in [-0.2, -0.15) is 0 Å². The molecule has 1 heteroatoms. The Labute approximate surface area is 80.3 Å². The SMILES string of the molecule is C=C(N)[C@H](C)CCc1ccccc1. The van der Waals surface area contributed by atoms with Crippen molar-refractivity contribution in [3.63, 3.8) is 0 Å². The normalized spacial score (nSPS) is 12.4. The maximum absolute atomic E-state index is 5.61. The van der Waals surface area contributed by atoms with Gasteiger partial charge in [0.15, 0.2) is 0 Å². The van der Waals surface area contributed by atoms with Crippen LogP contribution in [0.25, 0.3) is 0 Å². The van der Waals surface area contributed by atoms with Crippen LogP contribution in [0.4, 0.5) is 0 Å². The molecule has 0 aliphatic heterocycles. The van der Waals surface area contributed by atoms with E-state index in [1.807, 2.05) is 6.07 Å². The molecule has 0 amide bonds. The van der Waals surface area contributed by atoms with E-state index in [0.717, 1.165) is 18.5 Å². The molecule has 0 aromatic heterocycles. The topological polar surface area (TPSA) is 26.0 Å². The first-order valence-corrected chi connectivity index (χ1v) is 4.68. The number of allylic oxidation sites excluding steroid dienone is 1. The largest absolute Gasteiger partial charge is 0.402 e. The summed E-state index contributed by atoms with van der Waals surface area (Å²) in [6, 6.07) is 10.5. The van der Waals surface area contributed by atoms with Gasteiger partial charge in [-0.1, -0.05) is 43.8 Å². The zero-order valence-corrected chi connectivity index (χ0v) is 8.16. The first-order chi connectivity index (χ1) is 6.20. The number of hydrogen-bond acceptors (Lipinski definition) is 1. The Hall–Kier alpha value is -1.24. The fourth-order valence-electron chi connectivity index (χ4n) is 1.21. The van der Waals surface area contributed by atoms with Crippen LogP contribution in [0.2, 0.25) is 0 Å². The highest BCUT2D eigenvalue weighted by atomic mass is 14.6. The molecular formula is C12H17N. The Morgan fingerprint density at radius 3 is 2.54 bits per heavy atom. The van der Waals surface area contributed by atoms with E-state index < -0.39 is 0 Å². The molecule has 1 nitrogen and oxygen atoms in total. The van der Waals surface area contributed by atoms with E-state index in [0.29, 0.717) is 5.92 Å². The molecule has 0 saturated carbocycles. The van der Waals surface area contributed by atoms with Crippen LogP contribution in [0.5, 0.6) is 0 Å². The highest BCUT2D eigenvalue weighted by Crippen LogP contribution is 2.12. The van der Waals surface area contributed by atoms with E-state index >= 15 is 0 Å². The Morgan fingerprint density at radius 2 is 2.00 bits per heavy atom. The van der Waals surface area contributed by atoms with Crippen molar-refractivity contribution in [2.75, 3.05) is 0 Å². The van der Waals surface area contributed by atoms with Crippen LogP contribution in [0.3, 0.4) is 0 Å². The second-order valence-corrected chi connectivity index (χ2v) is 3.50. The Kier molecular flexibility index (Phi) is 3.56. The van der Waals surface area contributed by atoms with Gasteiger partial charge in [0, 0.05) is 5.70 Å². The van der Waals surface area contributed by atoms with Crippen LogP contribution in [-0.4, -0.2) is 0 Å². The smallest absolute Gasteiger partial charge is 0.00363 e. The average Bonchev–Trinajstić information content (AvgIpc) is 2.15. The summed E-state index contributed by atoms with van der Waals surface area (Å²) in [6.45, 7) is 5.86. The molecule has 1 aromatic carbocycles. The Bertz CT molecular complexity index is 264. The monoisotopic (exact) mass is 175 g/mol. The van der Waals surface area contributed by atoms with Crippen LogP contribution in [0.15, 0.2) is 42.6 Å². The fourth-order valence-corrected chi connectivity index (χ4v) is 1.21. The molecule has 70 valence electrons. The van der Waals surface area contributed by atoms with E-state index in [9.17, 15) is 0 Å². The van der Waals surface area contributed by atoms with Crippen molar-refractivity contribution < 1.29 is 0 Å². The summed E-state index contributed by atoms with van der Waals surface area (Å²) in [6.07, 6.45) is 2.16. The van der Waals surface area contributed by atoms with Gasteiger partial charge in [-0.3, -0.25) is 0 Å². The van der Waals surface area contributed by atoms with Gasteiger partial charge in [0.1, 0.15) is 0 Å². The first-order valence-electron chi connectivity index (χ1n) is 4.68. The van der Waals surface area contributed by atoms with Crippen molar-refractivity contribution in [2.45, 2.75) is 19.8 Å². The fraction of sp³-hybridized carbons (Fsp3) is 0.333. The molecule has 2 N–H and O–H groups in total. The predicted molar refractivity (Wildman–Crippen MR) is 57.3 cm³/mol. The van der Waals surface area contributed by atoms with E-state index in [4.69, 9.17) is 5.73 Å². The molecule has 0 radical (unpaired) electrons. The summed E-state index contributed by atoms with van der Waals surface area (Å²) in [5.41, 5.74) is 7.76. The molecule has 13 heavy (non-hydrogen) atoms. The molecule has 0 heterocycles. The van der Waals surface area contributed by atoms with Gasteiger partial charge in [0.25, 0.3) is 0 Å². The van der Waals surface area contributed by atoms with Crippen LogP contribution >= 0.6 is 0 Å². The third-order valence-electron chi connectivity index (χ3n) is 2.34. The molecular weight excluding hydrogens is 158 g/mol. The summed E-state index contributed by atoms with van der Waals surface area (Å²) in [5.74, 6) is 0.417. The van der Waals surface area contributed by atoms with Crippen LogP contribution in [0.1, 0.15) is 18.9 Å². The van der Waals surface area contributed by atoms with Crippen molar-refractivity contribution in [1.82, 2.24) is 0 Å². The van der Waals surface area contributed by atoms with Crippen LogP contribution in [0, 0.1) is 5.92 Å². The average molecular weight is 175 g/mol. The Balaban J connectivity index is 2.39. The summed E-state index contributed by atoms with van der Waals surface area (Å²) < 4.78 is 0. The maximum atomic E-state index is 5.61. The lowest BCUT2D eigenvalue weighted by atomic mass is 9.99.